The Kier molecular flexibility index (Phi) is 7.37. The minimum absolute atomic E-state index is 0.0272. The minimum atomic E-state index is -0.878. The fourth-order valence-corrected chi connectivity index (χ4v) is 8.58. The van der Waals surface area contributed by atoms with Gasteiger partial charge in [-0.25, -0.2) is 0 Å². The number of ketones is 1. The second-order valence-corrected chi connectivity index (χ2v) is 12.4. The van der Waals surface area contributed by atoms with Crippen molar-refractivity contribution in [1.29, 1.82) is 0 Å². The van der Waals surface area contributed by atoms with Crippen molar-refractivity contribution in [3.05, 3.63) is 79.2 Å². The number of rotatable bonds is 6. The van der Waals surface area contributed by atoms with Gasteiger partial charge in [0.2, 0.25) is 11.8 Å². The van der Waals surface area contributed by atoms with E-state index < -0.39 is 29.8 Å². The number of hydrogen-bond acceptors (Lipinski definition) is 5. The van der Waals surface area contributed by atoms with E-state index in [0.29, 0.717) is 5.56 Å². The smallest absolute Gasteiger partial charge is 0.240 e. The lowest BCUT2D eigenvalue weighted by molar-refractivity contribution is -0.144. The van der Waals surface area contributed by atoms with Crippen molar-refractivity contribution in [1.82, 2.24) is 4.90 Å². The van der Waals surface area contributed by atoms with Gasteiger partial charge >= 0.3 is 0 Å². The standard InChI is InChI=1S/C30H34N2O3S2/c1-17-9-7-8-12-21(17)26(33)22-23(27-18(2)13-15-36-27)25(29(31)34)32(24(22)28-19(3)14-16-37-28)30(35)20-10-5-4-6-11-20/h7-9,12-16,20,22-25H,4-6,10-11H2,1-3H3,(H2,31,34). The van der Waals surface area contributed by atoms with Gasteiger partial charge in [0.15, 0.2) is 5.78 Å². The molecule has 7 heteroatoms. The highest BCUT2D eigenvalue weighted by Crippen LogP contribution is 2.55. The zero-order valence-corrected chi connectivity index (χ0v) is 23.2. The predicted molar refractivity (Wildman–Crippen MR) is 149 cm³/mol. The Balaban J connectivity index is 1.75. The zero-order chi connectivity index (χ0) is 26.3. The van der Waals surface area contributed by atoms with Crippen molar-refractivity contribution in [2.75, 3.05) is 0 Å². The van der Waals surface area contributed by atoms with E-state index in [2.05, 4.69) is 0 Å². The highest BCUT2D eigenvalue weighted by Gasteiger charge is 2.58. The van der Waals surface area contributed by atoms with Crippen LogP contribution >= 0.6 is 22.7 Å². The maximum Gasteiger partial charge on any atom is 0.240 e. The number of carbonyl (C=O) groups excluding carboxylic acids is 3. The zero-order valence-electron chi connectivity index (χ0n) is 21.6. The van der Waals surface area contributed by atoms with Gasteiger partial charge in [-0.05, 0) is 73.2 Å². The van der Waals surface area contributed by atoms with Crippen LogP contribution in [0.1, 0.15) is 80.9 Å². The van der Waals surface area contributed by atoms with Crippen molar-refractivity contribution in [2.45, 2.75) is 70.9 Å². The van der Waals surface area contributed by atoms with Gasteiger partial charge in [-0.15, -0.1) is 22.7 Å². The summed E-state index contributed by atoms with van der Waals surface area (Å²) < 4.78 is 0. The third-order valence-corrected chi connectivity index (χ3v) is 10.5. The molecule has 2 amide bonds. The molecule has 3 aromatic rings. The van der Waals surface area contributed by atoms with E-state index in [1.807, 2.05) is 67.9 Å². The Labute approximate surface area is 226 Å². The Morgan fingerprint density at radius 2 is 1.46 bits per heavy atom. The first kappa shape index (κ1) is 25.9. The fourth-order valence-electron chi connectivity index (χ4n) is 6.41. The maximum absolute atomic E-state index is 14.5. The number of amides is 2. The minimum Gasteiger partial charge on any atom is -0.368 e. The highest BCUT2D eigenvalue weighted by atomic mass is 32.1. The average molecular weight is 535 g/mol. The molecular weight excluding hydrogens is 500 g/mol. The second-order valence-electron chi connectivity index (χ2n) is 10.5. The van der Waals surface area contributed by atoms with Crippen LogP contribution in [0.15, 0.2) is 47.2 Å². The summed E-state index contributed by atoms with van der Waals surface area (Å²) in [5, 5.41) is 4.00. The summed E-state index contributed by atoms with van der Waals surface area (Å²) in [7, 11) is 0. The molecule has 37 heavy (non-hydrogen) atoms. The molecule has 1 saturated heterocycles. The number of thiophene rings is 2. The number of likely N-dealkylation sites (tertiary alicyclic amines) is 1. The summed E-state index contributed by atoms with van der Waals surface area (Å²) >= 11 is 3.10. The monoisotopic (exact) mass is 534 g/mol. The van der Waals surface area contributed by atoms with Gasteiger partial charge in [-0.2, -0.15) is 0 Å². The first-order valence-corrected chi connectivity index (χ1v) is 14.9. The number of nitrogens with two attached hydrogens (primary N) is 1. The van der Waals surface area contributed by atoms with Crippen LogP contribution in [0.2, 0.25) is 0 Å². The van der Waals surface area contributed by atoms with Gasteiger partial charge in [0.25, 0.3) is 0 Å². The fraction of sp³-hybridized carbons (Fsp3) is 0.433. The van der Waals surface area contributed by atoms with Crippen molar-refractivity contribution in [3.63, 3.8) is 0 Å². The van der Waals surface area contributed by atoms with E-state index in [4.69, 9.17) is 5.73 Å². The molecule has 3 heterocycles. The highest BCUT2D eigenvalue weighted by molar-refractivity contribution is 7.10. The first-order valence-electron chi connectivity index (χ1n) is 13.1. The van der Waals surface area contributed by atoms with Crippen molar-refractivity contribution in [3.8, 4) is 0 Å². The van der Waals surface area contributed by atoms with Gasteiger partial charge < -0.3 is 10.6 Å². The number of hydrogen-bond donors (Lipinski definition) is 1. The number of aryl methyl sites for hydroxylation is 3. The van der Waals surface area contributed by atoms with E-state index in [1.165, 1.54) is 0 Å². The number of Topliss-reactive ketones (excluding diaryl/α,β-unsaturated/α-hetero) is 1. The predicted octanol–water partition coefficient (Wildman–Crippen LogP) is 6.34. The molecular formula is C30H34N2O3S2. The van der Waals surface area contributed by atoms with Gasteiger partial charge in [-0.3, -0.25) is 14.4 Å². The first-order chi connectivity index (χ1) is 17.8. The maximum atomic E-state index is 14.5. The van der Waals surface area contributed by atoms with Crippen LogP contribution in [0, 0.1) is 32.6 Å². The SMILES string of the molecule is Cc1ccccc1C(=O)C1C(c2sccc2C)C(C(N)=O)N(C(=O)C2CCCCC2)C1c1sccc1C. The summed E-state index contributed by atoms with van der Waals surface area (Å²) in [5.41, 5.74) is 9.74. The lowest BCUT2D eigenvalue weighted by Crippen LogP contribution is -2.49. The summed E-state index contributed by atoms with van der Waals surface area (Å²) in [6.07, 6.45) is 4.77. The van der Waals surface area contributed by atoms with Gasteiger partial charge in [0, 0.05) is 27.2 Å². The number of nitrogens with zero attached hydrogens (tertiary/aromatic N) is 1. The quantitative estimate of drug-likeness (QED) is 0.375. The third-order valence-electron chi connectivity index (χ3n) is 8.26. The molecule has 1 saturated carbocycles. The van der Waals surface area contributed by atoms with Gasteiger partial charge in [0.05, 0.1) is 12.0 Å². The van der Waals surface area contributed by atoms with Crippen molar-refractivity contribution < 1.29 is 14.4 Å². The average Bonchev–Trinajstić information content (AvgIpc) is 3.60. The van der Waals surface area contributed by atoms with E-state index in [0.717, 1.165) is 58.5 Å². The molecule has 0 radical (unpaired) electrons. The van der Waals surface area contributed by atoms with Crippen LogP contribution in [-0.4, -0.2) is 28.5 Å². The van der Waals surface area contributed by atoms with E-state index >= 15 is 0 Å². The van der Waals surface area contributed by atoms with Crippen LogP contribution < -0.4 is 5.73 Å². The summed E-state index contributed by atoms with van der Waals surface area (Å²) in [5.74, 6) is -1.85. The molecule has 2 N–H and O–H groups in total. The van der Waals surface area contributed by atoms with Crippen molar-refractivity contribution in [2.24, 2.45) is 17.6 Å². The normalized spacial score (nSPS) is 24.4. The molecule has 1 aliphatic carbocycles. The number of benzene rings is 1. The van der Waals surface area contributed by atoms with Crippen LogP contribution in [-0.2, 0) is 9.59 Å². The lowest BCUT2D eigenvalue weighted by atomic mass is 9.78. The van der Waals surface area contributed by atoms with E-state index in [9.17, 15) is 14.4 Å². The Hall–Kier alpha value is -2.77. The topological polar surface area (TPSA) is 80.5 Å². The molecule has 5 rings (SSSR count). The largest absolute Gasteiger partial charge is 0.368 e. The molecule has 2 aromatic heterocycles. The number of primary amides is 1. The summed E-state index contributed by atoms with van der Waals surface area (Å²) in [6, 6.07) is 10.2. The molecule has 194 valence electrons. The molecule has 4 atom stereocenters. The van der Waals surface area contributed by atoms with Gasteiger partial charge in [0.1, 0.15) is 6.04 Å². The number of carbonyl (C=O) groups is 3. The molecule has 5 nitrogen and oxygen atoms in total. The van der Waals surface area contributed by atoms with Gasteiger partial charge in [-0.1, -0.05) is 43.5 Å². The summed E-state index contributed by atoms with van der Waals surface area (Å²) in [6.45, 7) is 5.97. The van der Waals surface area contributed by atoms with Crippen LogP contribution in [0.4, 0.5) is 0 Å². The Bertz CT molecular complexity index is 1320. The molecule has 4 unspecified atom stereocenters. The lowest BCUT2D eigenvalue weighted by Gasteiger charge is -2.34. The molecule has 2 fully saturated rings. The van der Waals surface area contributed by atoms with E-state index in [-0.39, 0.29) is 17.6 Å². The molecule has 1 aromatic carbocycles. The molecule has 0 bridgehead atoms. The molecule has 2 aliphatic rings. The Morgan fingerprint density at radius 3 is 2.03 bits per heavy atom. The van der Waals surface area contributed by atoms with E-state index in [1.54, 1.807) is 27.6 Å². The van der Waals surface area contributed by atoms with Crippen LogP contribution in [0.3, 0.4) is 0 Å². The molecule has 0 spiro atoms. The second kappa shape index (κ2) is 10.5. The van der Waals surface area contributed by atoms with Crippen LogP contribution in [0.5, 0.6) is 0 Å². The van der Waals surface area contributed by atoms with Crippen molar-refractivity contribution >= 4 is 40.3 Å². The van der Waals surface area contributed by atoms with Crippen LogP contribution in [0.25, 0.3) is 0 Å². The molecule has 1 aliphatic heterocycles. The Morgan fingerprint density at radius 1 is 0.838 bits per heavy atom. The third kappa shape index (κ3) is 4.57. The summed E-state index contributed by atoms with van der Waals surface area (Å²) in [4.78, 5) is 45.9.